The number of halogens is 1. The van der Waals surface area contributed by atoms with Crippen LogP contribution in [0.15, 0.2) is 371 Å². The van der Waals surface area contributed by atoms with Crippen molar-refractivity contribution in [3.8, 4) is 33.4 Å². The number of nitro groups is 2. The Morgan fingerprint density at radius 1 is 0.315 bits per heavy atom. The van der Waals surface area contributed by atoms with Gasteiger partial charge in [-0.05, 0) is 218 Å². The smallest absolute Gasteiger partial charge is 0.456 e. The summed E-state index contributed by atoms with van der Waals surface area (Å²) in [6.07, 6.45) is 1.95. The topological polar surface area (TPSA) is 153 Å². The molecule has 10 nitrogen and oxygen atoms in total. The van der Waals surface area contributed by atoms with Gasteiger partial charge < -0.3 is 18.9 Å². The lowest BCUT2D eigenvalue weighted by atomic mass is 9.76. The van der Waals surface area contributed by atoms with Crippen LogP contribution in [0.1, 0.15) is 22.3 Å². The van der Waals surface area contributed by atoms with Crippen LogP contribution in [-0.2, 0) is 12.8 Å². The van der Waals surface area contributed by atoms with E-state index in [9.17, 15) is 30.3 Å². The van der Waals surface area contributed by atoms with Crippen molar-refractivity contribution in [2.45, 2.75) is 12.8 Å². The first-order valence-electron chi connectivity index (χ1n) is 36.6. The van der Waals surface area contributed by atoms with Crippen LogP contribution >= 0.6 is 23.9 Å². The minimum Gasteiger partial charge on any atom is -0.456 e. The van der Waals surface area contributed by atoms with Gasteiger partial charge in [-0.15, -0.1) is 0 Å². The van der Waals surface area contributed by atoms with Gasteiger partial charge in [-0.25, -0.2) is 0 Å². The zero-order valence-corrected chi connectivity index (χ0v) is 62.1. The van der Waals surface area contributed by atoms with Gasteiger partial charge >= 0.3 is 7.12 Å². The summed E-state index contributed by atoms with van der Waals surface area (Å²) in [6.45, 7) is 0. The lowest BCUT2D eigenvalue weighted by molar-refractivity contribution is -0.384. The highest BCUT2D eigenvalue weighted by atomic mass is 79.9. The normalized spacial score (nSPS) is 11.7. The van der Waals surface area contributed by atoms with Crippen LogP contribution in [0.25, 0.3) is 142 Å². The maximum absolute atomic E-state index is 11.8. The second kappa shape index (κ2) is 29.8. The molecule has 2 N–H and O–H groups in total. The molecular weight excluding hydrogens is 1450 g/mol. The summed E-state index contributed by atoms with van der Waals surface area (Å²) in [5, 5.41) is 63.1. The maximum atomic E-state index is 11.8. The second-order valence-corrected chi connectivity index (χ2v) is 30.8. The zero-order valence-electron chi connectivity index (χ0n) is 59.6. The molecule has 0 saturated heterocycles. The Labute approximate surface area is 647 Å². The number of nitro benzene ring substituents is 2. The summed E-state index contributed by atoms with van der Waals surface area (Å²) in [5.74, 6) is 0. The third-order valence-electron chi connectivity index (χ3n) is 21.2. The molecule has 0 atom stereocenters. The number of fused-ring (bicyclic) bond motifs is 22. The molecule has 2 aromatic heterocycles. The lowest BCUT2D eigenvalue weighted by Gasteiger charge is -2.18. The first kappa shape index (κ1) is 69.5. The fraction of sp³-hybridized carbons (Fsp3) is 0.0204. The van der Waals surface area contributed by atoms with Gasteiger partial charge in [-0.3, -0.25) is 20.2 Å². The average molecular weight is 1520 g/mol. The summed E-state index contributed by atoms with van der Waals surface area (Å²) in [7, 11) is -2.30. The van der Waals surface area contributed by atoms with E-state index in [-0.39, 0.29) is 21.8 Å². The predicted molar refractivity (Wildman–Crippen MR) is 463 cm³/mol. The highest BCUT2D eigenvalue weighted by molar-refractivity contribution is 9.10. The quantitative estimate of drug-likeness (QED) is 0.0692. The number of rotatable bonds is 7. The Hall–Kier alpha value is -13.2. The van der Waals surface area contributed by atoms with E-state index in [1.54, 1.807) is 36.4 Å². The fourth-order valence-electron chi connectivity index (χ4n) is 16.3. The van der Waals surface area contributed by atoms with Crippen LogP contribution in [0, 0.1) is 20.2 Å². The molecule has 0 unspecified atom stereocenters. The van der Waals surface area contributed by atoms with Gasteiger partial charge in [-0.1, -0.05) is 295 Å². The van der Waals surface area contributed by atoms with E-state index in [1.165, 1.54) is 126 Å². The molecular formula is C98H65BBrN2O8P. The fourth-order valence-corrected chi connectivity index (χ4v) is 18.9. The van der Waals surface area contributed by atoms with Crippen molar-refractivity contribution in [2.24, 2.45) is 0 Å². The predicted octanol–water partition coefficient (Wildman–Crippen LogP) is 24.0. The van der Waals surface area contributed by atoms with E-state index in [2.05, 4.69) is 271 Å². The Morgan fingerprint density at radius 3 is 1.32 bits per heavy atom. The lowest BCUT2D eigenvalue weighted by Crippen LogP contribution is -2.32. The molecule has 2 heterocycles. The third kappa shape index (κ3) is 13.2. The van der Waals surface area contributed by atoms with Crippen LogP contribution in [0.5, 0.6) is 0 Å². The van der Waals surface area contributed by atoms with Crippen LogP contribution in [-0.4, -0.2) is 27.0 Å². The van der Waals surface area contributed by atoms with Gasteiger partial charge in [-0.2, -0.15) is 0 Å². The van der Waals surface area contributed by atoms with Crippen LogP contribution in [0.4, 0.5) is 11.4 Å². The zero-order chi connectivity index (χ0) is 75.2. The highest BCUT2D eigenvalue weighted by Gasteiger charge is 2.28. The van der Waals surface area contributed by atoms with Crippen molar-refractivity contribution in [1.29, 1.82) is 0 Å². The van der Waals surface area contributed by atoms with Gasteiger partial charge in [0.25, 0.3) is 11.4 Å². The molecule has 13 heteroatoms. The number of hydrogen-bond acceptors (Lipinski definition) is 8. The van der Waals surface area contributed by atoms with Crippen LogP contribution in [0.3, 0.4) is 0 Å². The van der Waals surface area contributed by atoms with E-state index >= 15 is 0 Å². The molecule has 0 aliphatic heterocycles. The van der Waals surface area contributed by atoms with Crippen LogP contribution in [0.2, 0.25) is 0 Å². The number of furan rings is 2. The summed E-state index contributed by atoms with van der Waals surface area (Å²) in [6, 6.07) is 122. The molecule has 530 valence electrons. The number of benzene rings is 18. The Balaban J connectivity index is 0.0000000994. The standard InChI is InChI=1S/C27H17NO2.C27H16O.C18H15P.C16H9BrO.C10H8BNO4/c29-28(30)25-14-12-17-5-1-3-7-22(17)27(25)21-11-13-24-19(16-21)9-10-20-15-18-6-2-4-8-23(18)26(20)24;1-2-6-20-16(5-1)9-10-18-13-19-15-22-17(14-23(19)26(18)20)11-12-25-27(22)21-7-3-4-8-24(21)28-25;1-4-10-16(11-5-1)19(17-12-6-2-7-13-17)18-14-8-3-9-15-18;17-11-6-7-12-10(9-11)5-8-15-16(12)13-3-1-2-4-14(13)18-15;13-11(14)10-8-4-2-1-3-7(8)5-6-9(10)12(15)16/h1-14,16H,15H2;1-12,14-15H,13H2;1-15H;1-9H;1-6,13-14H. The molecule has 0 bridgehead atoms. The number of para-hydroxylation sites is 2. The first-order valence-corrected chi connectivity index (χ1v) is 38.7. The van der Waals surface area contributed by atoms with E-state index in [0.29, 0.717) is 10.9 Å². The van der Waals surface area contributed by atoms with Crippen molar-refractivity contribution in [1.82, 2.24) is 0 Å². The molecule has 2 aliphatic rings. The molecule has 20 aromatic rings. The van der Waals surface area contributed by atoms with Crippen molar-refractivity contribution in [2.75, 3.05) is 0 Å². The molecule has 18 aromatic carbocycles. The first-order chi connectivity index (χ1) is 54.5. The summed E-state index contributed by atoms with van der Waals surface area (Å²) < 4.78 is 13.1. The maximum Gasteiger partial charge on any atom is 0.496 e. The second-order valence-electron chi connectivity index (χ2n) is 27.7. The largest absolute Gasteiger partial charge is 0.496 e. The van der Waals surface area contributed by atoms with Gasteiger partial charge in [0.1, 0.15) is 22.3 Å². The van der Waals surface area contributed by atoms with Gasteiger partial charge in [0.2, 0.25) is 0 Å². The Bertz CT molecular complexity index is 6960. The van der Waals surface area contributed by atoms with E-state index in [0.717, 1.165) is 66.8 Å². The van der Waals surface area contributed by atoms with E-state index < -0.39 is 20.0 Å². The molecule has 0 saturated carbocycles. The number of nitrogens with zero attached hydrogens (tertiary/aromatic N) is 2. The number of hydrogen-bond donors (Lipinski definition) is 2. The molecule has 0 fully saturated rings. The highest BCUT2D eigenvalue weighted by Crippen LogP contribution is 2.47. The SMILES string of the molecule is Brc1ccc2c(ccc3oc4ccccc4c32)c1.O=[N+]([O-])c1ccc2ccccc2c1-c1ccc2c3c(ccc2c1)Cc1ccccc1-3.O=[N+]([O-])c1ccc2ccccc2c1B(O)O.c1ccc(P(c2ccccc2)c2ccccc2)cc1.c1ccc2c3c(ccc2c1)Cc1cc2c(ccc4oc5ccccc5c42)cc1-3. The van der Waals surface area contributed by atoms with Gasteiger partial charge in [0, 0.05) is 38.2 Å². The third-order valence-corrected chi connectivity index (χ3v) is 24.1. The summed E-state index contributed by atoms with van der Waals surface area (Å²) in [5.41, 5.74) is 16.1. The summed E-state index contributed by atoms with van der Waals surface area (Å²) in [4.78, 5) is 21.6. The Morgan fingerprint density at radius 2 is 0.739 bits per heavy atom. The van der Waals surface area contributed by atoms with Gasteiger partial charge in [0.05, 0.1) is 20.9 Å². The van der Waals surface area contributed by atoms with Crippen molar-refractivity contribution < 1.29 is 28.7 Å². The average Bonchev–Trinajstić information content (AvgIpc) is 1.59. The van der Waals surface area contributed by atoms with Gasteiger partial charge in [0.15, 0.2) is 0 Å². The molecule has 0 amide bonds. The minimum absolute atomic E-state index is 0.0666. The van der Waals surface area contributed by atoms with Crippen LogP contribution < -0.4 is 21.4 Å². The molecule has 0 spiro atoms. The van der Waals surface area contributed by atoms with E-state index in [1.807, 2.05) is 60.7 Å². The summed E-state index contributed by atoms with van der Waals surface area (Å²) >= 11 is 3.51. The molecule has 0 radical (unpaired) electrons. The monoisotopic (exact) mass is 1520 g/mol. The van der Waals surface area contributed by atoms with Crippen molar-refractivity contribution in [3.05, 3.63) is 405 Å². The van der Waals surface area contributed by atoms with Crippen molar-refractivity contribution in [3.63, 3.8) is 0 Å². The van der Waals surface area contributed by atoms with E-state index in [4.69, 9.17) is 8.83 Å². The van der Waals surface area contributed by atoms with Crippen molar-refractivity contribution >= 4 is 172 Å². The molecule has 111 heavy (non-hydrogen) atoms. The Kier molecular flexibility index (Phi) is 18.6. The molecule has 22 rings (SSSR count). The molecule has 2 aliphatic carbocycles. The minimum atomic E-state index is -1.86.